The fraction of sp³-hybridized carbons (Fsp3) is 0.176. The molecule has 3 rings (SSSR count). The van der Waals surface area contributed by atoms with Crippen molar-refractivity contribution in [3.05, 3.63) is 58.3 Å². The van der Waals surface area contributed by atoms with Gasteiger partial charge in [-0.25, -0.2) is 4.98 Å². The quantitative estimate of drug-likeness (QED) is 0.715. The Hall–Kier alpha value is -2.04. The van der Waals surface area contributed by atoms with Crippen molar-refractivity contribution in [2.75, 3.05) is 6.61 Å². The monoisotopic (exact) mass is 348 g/mol. The van der Waals surface area contributed by atoms with E-state index in [0.29, 0.717) is 28.6 Å². The van der Waals surface area contributed by atoms with Gasteiger partial charge in [-0.05, 0) is 30.3 Å². The maximum atomic E-state index is 11.9. The van der Waals surface area contributed by atoms with E-state index in [1.807, 2.05) is 24.3 Å². The summed E-state index contributed by atoms with van der Waals surface area (Å²) in [5, 5.41) is 0.918. The lowest BCUT2D eigenvalue weighted by atomic mass is 10.2. The van der Waals surface area contributed by atoms with Crippen LogP contribution in [0.5, 0.6) is 5.75 Å². The number of aryl methyl sites for hydroxylation is 1. The molecule has 1 N–H and O–H groups in total. The van der Waals surface area contributed by atoms with Crippen LogP contribution in [0.4, 0.5) is 0 Å². The smallest absolute Gasteiger partial charge is 0.170 e. The summed E-state index contributed by atoms with van der Waals surface area (Å²) >= 11 is 11.8. The lowest BCUT2D eigenvalue weighted by molar-refractivity contribution is -0.121. The van der Waals surface area contributed by atoms with E-state index in [1.165, 1.54) is 0 Å². The van der Waals surface area contributed by atoms with Crippen molar-refractivity contribution in [2.45, 2.75) is 12.8 Å². The molecule has 118 valence electrons. The second kappa shape index (κ2) is 7.02. The number of Topliss-reactive ketones (excluding diaryl/α,β-unsaturated/α-hetero) is 1. The SMILES string of the molecule is O=C(CCc1nc2ccccc2[nH]1)COc1ccc(Cl)cc1Cl. The topological polar surface area (TPSA) is 55.0 Å². The molecule has 0 amide bonds. The number of para-hydroxylation sites is 2. The van der Waals surface area contributed by atoms with Gasteiger partial charge in [0.15, 0.2) is 5.78 Å². The van der Waals surface area contributed by atoms with E-state index in [-0.39, 0.29) is 12.4 Å². The molecule has 0 fully saturated rings. The highest BCUT2D eigenvalue weighted by Crippen LogP contribution is 2.27. The number of imidazole rings is 1. The van der Waals surface area contributed by atoms with Crippen LogP contribution in [0.25, 0.3) is 11.0 Å². The largest absolute Gasteiger partial charge is 0.484 e. The van der Waals surface area contributed by atoms with Gasteiger partial charge in [0, 0.05) is 17.9 Å². The summed E-state index contributed by atoms with van der Waals surface area (Å²) in [6.45, 7) is -0.0262. The van der Waals surface area contributed by atoms with Gasteiger partial charge in [0.05, 0.1) is 16.1 Å². The van der Waals surface area contributed by atoms with Crippen molar-refractivity contribution in [1.82, 2.24) is 9.97 Å². The predicted octanol–water partition coefficient (Wildman–Crippen LogP) is 4.45. The summed E-state index contributed by atoms with van der Waals surface area (Å²) in [4.78, 5) is 19.6. The molecule has 0 aliphatic rings. The third-order valence-corrected chi connectivity index (χ3v) is 3.89. The fourth-order valence-corrected chi connectivity index (χ4v) is 2.67. The number of halogens is 2. The highest BCUT2D eigenvalue weighted by Gasteiger charge is 2.09. The molecule has 1 heterocycles. The molecule has 0 radical (unpaired) electrons. The molecule has 2 aromatic carbocycles. The maximum absolute atomic E-state index is 11.9. The third kappa shape index (κ3) is 4.03. The third-order valence-electron chi connectivity index (χ3n) is 3.36. The number of benzene rings is 2. The molecule has 0 bridgehead atoms. The molecule has 6 heteroatoms. The van der Waals surface area contributed by atoms with E-state index in [0.717, 1.165) is 16.9 Å². The molecule has 0 unspecified atom stereocenters. The zero-order chi connectivity index (χ0) is 16.2. The number of carbonyl (C=O) groups excluding carboxylic acids is 1. The lowest BCUT2D eigenvalue weighted by Gasteiger charge is -2.07. The van der Waals surface area contributed by atoms with E-state index < -0.39 is 0 Å². The van der Waals surface area contributed by atoms with Crippen LogP contribution in [-0.2, 0) is 11.2 Å². The Labute approximate surface area is 143 Å². The van der Waals surface area contributed by atoms with Gasteiger partial charge in [0.2, 0.25) is 0 Å². The first kappa shape index (κ1) is 15.8. The Morgan fingerprint density at radius 3 is 2.78 bits per heavy atom. The fourth-order valence-electron chi connectivity index (χ4n) is 2.20. The molecule has 0 aliphatic heterocycles. The van der Waals surface area contributed by atoms with Gasteiger partial charge in [0.25, 0.3) is 0 Å². The number of carbonyl (C=O) groups is 1. The van der Waals surface area contributed by atoms with E-state index in [2.05, 4.69) is 9.97 Å². The first-order chi connectivity index (χ1) is 11.1. The Kier molecular flexibility index (Phi) is 4.84. The summed E-state index contributed by atoms with van der Waals surface area (Å²) < 4.78 is 5.43. The van der Waals surface area contributed by atoms with Crippen molar-refractivity contribution in [3.63, 3.8) is 0 Å². The van der Waals surface area contributed by atoms with Gasteiger partial charge in [-0.15, -0.1) is 0 Å². The summed E-state index contributed by atoms with van der Waals surface area (Å²) in [7, 11) is 0. The van der Waals surface area contributed by atoms with Gasteiger partial charge in [-0.1, -0.05) is 35.3 Å². The van der Waals surface area contributed by atoms with Crippen molar-refractivity contribution in [2.24, 2.45) is 0 Å². The zero-order valence-corrected chi connectivity index (χ0v) is 13.7. The van der Waals surface area contributed by atoms with Crippen LogP contribution in [0.15, 0.2) is 42.5 Å². The molecule has 0 saturated carbocycles. The first-order valence-corrected chi connectivity index (χ1v) is 7.90. The number of H-pyrrole nitrogens is 1. The average molecular weight is 349 g/mol. The number of hydrogen-bond acceptors (Lipinski definition) is 3. The average Bonchev–Trinajstić information content (AvgIpc) is 2.95. The van der Waals surface area contributed by atoms with Gasteiger partial charge < -0.3 is 9.72 Å². The van der Waals surface area contributed by atoms with Crippen LogP contribution in [-0.4, -0.2) is 22.4 Å². The predicted molar refractivity (Wildman–Crippen MR) is 91.4 cm³/mol. The molecule has 0 atom stereocenters. The van der Waals surface area contributed by atoms with E-state index >= 15 is 0 Å². The van der Waals surface area contributed by atoms with Crippen molar-refractivity contribution < 1.29 is 9.53 Å². The van der Waals surface area contributed by atoms with Gasteiger partial charge >= 0.3 is 0 Å². The van der Waals surface area contributed by atoms with Crippen LogP contribution in [0.3, 0.4) is 0 Å². The second-order valence-electron chi connectivity index (χ2n) is 5.10. The Bertz CT molecular complexity index is 812. The Morgan fingerprint density at radius 1 is 1.17 bits per heavy atom. The number of fused-ring (bicyclic) bond motifs is 1. The van der Waals surface area contributed by atoms with E-state index in [1.54, 1.807) is 18.2 Å². The molecule has 3 aromatic rings. The number of aromatic amines is 1. The number of rotatable bonds is 6. The number of ketones is 1. The summed E-state index contributed by atoms with van der Waals surface area (Å²) in [5.74, 6) is 1.23. The Balaban J connectivity index is 1.53. The Morgan fingerprint density at radius 2 is 2.00 bits per heavy atom. The molecule has 0 saturated heterocycles. The molecular weight excluding hydrogens is 335 g/mol. The van der Waals surface area contributed by atoms with E-state index in [4.69, 9.17) is 27.9 Å². The van der Waals surface area contributed by atoms with Gasteiger partial charge in [-0.3, -0.25) is 4.79 Å². The van der Waals surface area contributed by atoms with Crippen LogP contribution in [0.1, 0.15) is 12.2 Å². The van der Waals surface area contributed by atoms with Crippen LogP contribution in [0.2, 0.25) is 10.0 Å². The molecular formula is C17H14Cl2N2O2. The highest BCUT2D eigenvalue weighted by atomic mass is 35.5. The molecule has 23 heavy (non-hydrogen) atoms. The highest BCUT2D eigenvalue weighted by molar-refractivity contribution is 6.35. The van der Waals surface area contributed by atoms with E-state index in [9.17, 15) is 4.79 Å². The van der Waals surface area contributed by atoms with Crippen molar-refractivity contribution in [1.29, 1.82) is 0 Å². The molecule has 4 nitrogen and oxygen atoms in total. The zero-order valence-electron chi connectivity index (χ0n) is 12.2. The molecule has 1 aromatic heterocycles. The molecule has 0 aliphatic carbocycles. The number of aromatic nitrogens is 2. The minimum atomic E-state index is -0.0262. The number of nitrogens with one attached hydrogen (secondary N) is 1. The normalized spacial score (nSPS) is 10.9. The van der Waals surface area contributed by atoms with Gasteiger partial charge in [-0.2, -0.15) is 0 Å². The minimum absolute atomic E-state index is 0.0172. The van der Waals surface area contributed by atoms with Crippen molar-refractivity contribution in [3.8, 4) is 5.75 Å². The number of ether oxygens (including phenoxy) is 1. The van der Waals surface area contributed by atoms with Crippen LogP contribution >= 0.6 is 23.2 Å². The van der Waals surface area contributed by atoms with Gasteiger partial charge in [0.1, 0.15) is 18.2 Å². The van der Waals surface area contributed by atoms with Crippen molar-refractivity contribution >= 4 is 40.0 Å². The number of hydrogen-bond donors (Lipinski definition) is 1. The standard InChI is InChI=1S/C17H14Cl2N2O2/c18-11-5-7-16(13(19)9-11)23-10-12(22)6-8-17-20-14-3-1-2-4-15(14)21-17/h1-5,7,9H,6,8,10H2,(H,20,21). The second-order valence-corrected chi connectivity index (χ2v) is 5.95. The van der Waals surface area contributed by atoms with Crippen LogP contribution in [0, 0.1) is 0 Å². The number of nitrogens with zero attached hydrogens (tertiary/aromatic N) is 1. The minimum Gasteiger partial charge on any atom is -0.484 e. The summed E-state index contributed by atoms with van der Waals surface area (Å²) in [5.41, 5.74) is 1.87. The lowest BCUT2D eigenvalue weighted by Crippen LogP contribution is -2.12. The van der Waals surface area contributed by atoms with Crippen LogP contribution < -0.4 is 4.74 Å². The maximum Gasteiger partial charge on any atom is 0.170 e. The summed E-state index contributed by atoms with van der Waals surface area (Å²) in [6.07, 6.45) is 0.899. The first-order valence-electron chi connectivity index (χ1n) is 7.15. The molecule has 0 spiro atoms. The summed E-state index contributed by atoms with van der Waals surface area (Å²) in [6, 6.07) is 12.7.